The average Bonchev–Trinajstić information content (AvgIpc) is 3.32. The number of nitrogens with zero attached hydrogens (tertiary/aromatic N) is 3. The molecule has 28 heavy (non-hydrogen) atoms. The highest BCUT2D eigenvalue weighted by atomic mass is 32.2. The summed E-state index contributed by atoms with van der Waals surface area (Å²) in [6.45, 7) is 0. The van der Waals surface area contributed by atoms with Gasteiger partial charge in [0.2, 0.25) is 0 Å². The van der Waals surface area contributed by atoms with Crippen molar-refractivity contribution in [1.29, 1.82) is 0 Å². The lowest BCUT2D eigenvalue weighted by Gasteiger charge is -2.08. The van der Waals surface area contributed by atoms with E-state index in [-0.39, 0.29) is 17.1 Å². The van der Waals surface area contributed by atoms with Crippen LogP contribution in [0.1, 0.15) is 29.2 Å². The van der Waals surface area contributed by atoms with Crippen LogP contribution >= 0.6 is 11.8 Å². The van der Waals surface area contributed by atoms with Gasteiger partial charge in [-0.05, 0) is 31.0 Å². The molecule has 1 aliphatic carbocycles. The average molecular weight is 392 g/mol. The maximum atomic E-state index is 13.9. The summed E-state index contributed by atoms with van der Waals surface area (Å²) in [5.74, 6) is 0.193. The molecule has 7 heteroatoms. The number of benzene rings is 2. The molecule has 0 spiro atoms. The fourth-order valence-corrected chi connectivity index (χ4v) is 4.26. The number of rotatable bonds is 6. The molecular formula is C21H17FN4OS. The third-order valence-electron chi connectivity index (χ3n) is 4.91. The maximum Gasteiger partial charge on any atom is 0.192 e. The number of ketones is 1. The van der Waals surface area contributed by atoms with Gasteiger partial charge in [-0.25, -0.2) is 4.39 Å². The number of thioether (sulfide) groups is 1. The lowest BCUT2D eigenvalue weighted by Crippen LogP contribution is -2.07. The van der Waals surface area contributed by atoms with E-state index < -0.39 is 5.82 Å². The normalized spacial score (nSPS) is 13.9. The van der Waals surface area contributed by atoms with Gasteiger partial charge >= 0.3 is 0 Å². The van der Waals surface area contributed by atoms with Crippen LogP contribution in [0, 0.1) is 5.82 Å². The van der Waals surface area contributed by atoms with Crippen LogP contribution in [0.15, 0.2) is 59.9 Å². The van der Waals surface area contributed by atoms with E-state index in [1.54, 1.807) is 12.1 Å². The molecule has 0 atom stereocenters. The summed E-state index contributed by atoms with van der Waals surface area (Å²) >= 11 is 1.31. The second-order valence-electron chi connectivity index (χ2n) is 6.85. The minimum Gasteiger partial charge on any atom is -0.360 e. The van der Waals surface area contributed by atoms with Crippen molar-refractivity contribution in [1.82, 2.24) is 19.7 Å². The Morgan fingerprint density at radius 2 is 1.93 bits per heavy atom. The zero-order valence-corrected chi connectivity index (χ0v) is 15.7. The van der Waals surface area contributed by atoms with Crippen LogP contribution in [-0.4, -0.2) is 31.3 Å². The predicted octanol–water partition coefficient (Wildman–Crippen LogP) is 4.88. The molecule has 1 N–H and O–H groups in total. The standard InChI is InChI=1S/C21H17FN4OS/c22-17-7-3-1-6-15(17)19(27)12-28-21-25-24-20(26(21)13-9-10-13)16-11-23-18-8-4-2-5-14(16)18/h1-8,11,13,23H,9-10,12H2. The molecule has 0 unspecified atom stereocenters. The van der Waals surface area contributed by atoms with E-state index in [9.17, 15) is 9.18 Å². The SMILES string of the molecule is O=C(CSc1nnc(-c2c[nH]c3ccccc23)n1C1CC1)c1ccccc1F. The van der Waals surface area contributed by atoms with Gasteiger partial charge in [0.15, 0.2) is 16.8 Å². The van der Waals surface area contributed by atoms with Crippen LogP contribution in [0.5, 0.6) is 0 Å². The van der Waals surface area contributed by atoms with Gasteiger partial charge in [0, 0.05) is 28.7 Å². The Kier molecular flexibility index (Phi) is 4.24. The smallest absolute Gasteiger partial charge is 0.192 e. The van der Waals surface area contributed by atoms with Crippen LogP contribution in [-0.2, 0) is 0 Å². The molecule has 5 rings (SSSR count). The van der Waals surface area contributed by atoms with Crippen LogP contribution in [0.4, 0.5) is 4.39 Å². The van der Waals surface area contributed by atoms with Gasteiger partial charge in [-0.3, -0.25) is 9.36 Å². The number of carbonyl (C=O) groups excluding carboxylic acids is 1. The van der Waals surface area contributed by atoms with E-state index in [1.165, 1.54) is 23.9 Å². The van der Waals surface area contributed by atoms with E-state index in [2.05, 4.69) is 25.8 Å². The Morgan fingerprint density at radius 3 is 2.75 bits per heavy atom. The summed E-state index contributed by atoms with van der Waals surface area (Å²) in [5, 5.41) is 10.6. The third kappa shape index (κ3) is 3.01. The molecule has 2 aromatic heterocycles. The third-order valence-corrected chi connectivity index (χ3v) is 5.86. The molecule has 1 aliphatic rings. The number of nitrogens with one attached hydrogen (secondary N) is 1. The zero-order valence-electron chi connectivity index (χ0n) is 14.9. The first kappa shape index (κ1) is 17.2. The Balaban J connectivity index is 1.45. The quantitative estimate of drug-likeness (QED) is 0.375. The molecule has 0 saturated heterocycles. The molecule has 0 radical (unpaired) electrons. The van der Waals surface area contributed by atoms with Gasteiger partial charge in [-0.2, -0.15) is 0 Å². The summed E-state index contributed by atoms with van der Waals surface area (Å²) in [7, 11) is 0. The van der Waals surface area contributed by atoms with Crippen LogP contribution in [0.3, 0.4) is 0 Å². The van der Waals surface area contributed by atoms with Gasteiger partial charge in [-0.15, -0.1) is 10.2 Å². The van der Waals surface area contributed by atoms with Crippen molar-refractivity contribution in [3.05, 3.63) is 66.1 Å². The number of hydrogen-bond donors (Lipinski definition) is 1. The first-order chi connectivity index (χ1) is 13.7. The number of H-pyrrole nitrogens is 1. The Hall–Kier alpha value is -2.93. The van der Waals surface area contributed by atoms with Crippen LogP contribution in [0.25, 0.3) is 22.3 Å². The molecule has 2 heterocycles. The molecule has 1 saturated carbocycles. The van der Waals surface area contributed by atoms with Crippen molar-refractivity contribution in [2.24, 2.45) is 0 Å². The van der Waals surface area contributed by atoms with Gasteiger partial charge < -0.3 is 4.98 Å². The second kappa shape index (κ2) is 6.91. The summed E-state index contributed by atoms with van der Waals surface area (Å²) in [5.41, 5.74) is 2.17. The fraction of sp³-hybridized carbons (Fsp3) is 0.190. The highest BCUT2D eigenvalue weighted by Crippen LogP contribution is 2.42. The molecule has 4 aromatic rings. The lowest BCUT2D eigenvalue weighted by molar-refractivity contribution is 0.101. The molecule has 1 fully saturated rings. The first-order valence-electron chi connectivity index (χ1n) is 9.14. The molecule has 5 nitrogen and oxygen atoms in total. The van der Waals surface area contributed by atoms with Crippen molar-refractivity contribution >= 4 is 28.4 Å². The number of hydrogen-bond acceptors (Lipinski definition) is 4. The summed E-state index contributed by atoms with van der Waals surface area (Å²) < 4.78 is 16.0. The van der Waals surface area contributed by atoms with Crippen LogP contribution < -0.4 is 0 Å². The topological polar surface area (TPSA) is 63.6 Å². The van der Waals surface area contributed by atoms with Crippen LogP contribution in [0.2, 0.25) is 0 Å². The highest BCUT2D eigenvalue weighted by molar-refractivity contribution is 7.99. The number of carbonyl (C=O) groups is 1. The molecule has 140 valence electrons. The maximum absolute atomic E-state index is 13.9. The Morgan fingerprint density at radius 1 is 1.14 bits per heavy atom. The van der Waals surface area contributed by atoms with Gasteiger partial charge in [-0.1, -0.05) is 42.1 Å². The molecular weight excluding hydrogens is 375 g/mol. The summed E-state index contributed by atoms with van der Waals surface area (Å²) in [6.07, 6.45) is 4.09. The number of aromatic amines is 1. The largest absolute Gasteiger partial charge is 0.360 e. The summed E-state index contributed by atoms with van der Waals surface area (Å²) in [6, 6.07) is 14.5. The Bertz CT molecular complexity index is 1180. The molecule has 0 bridgehead atoms. The van der Waals surface area contributed by atoms with Crippen molar-refractivity contribution in [2.45, 2.75) is 24.0 Å². The Labute approximate surface area is 165 Å². The van der Waals surface area contributed by atoms with E-state index in [4.69, 9.17) is 0 Å². The van der Waals surface area contributed by atoms with Gasteiger partial charge in [0.05, 0.1) is 11.3 Å². The van der Waals surface area contributed by atoms with E-state index in [1.807, 2.05) is 24.4 Å². The minimum atomic E-state index is -0.490. The first-order valence-corrected chi connectivity index (χ1v) is 10.1. The molecule has 2 aromatic carbocycles. The highest BCUT2D eigenvalue weighted by Gasteiger charge is 2.31. The molecule has 0 aliphatic heterocycles. The van der Waals surface area contributed by atoms with E-state index >= 15 is 0 Å². The van der Waals surface area contributed by atoms with Gasteiger partial charge in [0.25, 0.3) is 0 Å². The van der Waals surface area contributed by atoms with Gasteiger partial charge in [0.1, 0.15) is 5.82 Å². The molecule has 0 amide bonds. The lowest BCUT2D eigenvalue weighted by atomic mass is 10.1. The van der Waals surface area contributed by atoms with Crippen molar-refractivity contribution in [3.8, 4) is 11.4 Å². The summed E-state index contributed by atoms with van der Waals surface area (Å²) in [4.78, 5) is 15.7. The zero-order chi connectivity index (χ0) is 19.1. The fourth-order valence-electron chi connectivity index (χ4n) is 3.37. The van der Waals surface area contributed by atoms with E-state index in [0.29, 0.717) is 11.2 Å². The monoisotopic (exact) mass is 392 g/mol. The number of Topliss-reactive ketones (excluding diaryl/α,β-unsaturated/α-hetero) is 1. The van der Waals surface area contributed by atoms with Crippen molar-refractivity contribution in [3.63, 3.8) is 0 Å². The van der Waals surface area contributed by atoms with Crippen molar-refractivity contribution in [2.75, 3.05) is 5.75 Å². The number of para-hydroxylation sites is 1. The minimum absolute atomic E-state index is 0.115. The number of halogens is 1. The number of aromatic nitrogens is 4. The van der Waals surface area contributed by atoms with Crippen molar-refractivity contribution < 1.29 is 9.18 Å². The van der Waals surface area contributed by atoms with E-state index in [0.717, 1.165) is 35.1 Å². The second-order valence-corrected chi connectivity index (χ2v) is 7.79. The number of fused-ring (bicyclic) bond motifs is 1. The predicted molar refractivity (Wildman–Crippen MR) is 107 cm³/mol.